The van der Waals surface area contributed by atoms with Crippen molar-refractivity contribution in [1.82, 2.24) is 0 Å². The summed E-state index contributed by atoms with van der Waals surface area (Å²) in [5, 5.41) is 5.62. The number of nitrogen functional groups attached to an aromatic ring is 1. The van der Waals surface area contributed by atoms with E-state index in [1.165, 1.54) is 12.1 Å². The minimum Gasteiger partial charge on any atom is -0.397 e. The molecular weight excluding hydrogens is 281 g/mol. The van der Waals surface area contributed by atoms with Crippen LogP contribution in [0.1, 0.15) is 5.56 Å². The van der Waals surface area contributed by atoms with Crippen molar-refractivity contribution in [3.05, 3.63) is 52.8 Å². The lowest BCUT2D eigenvalue weighted by Crippen LogP contribution is -2.20. The van der Waals surface area contributed by atoms with E-state index >= 15 is 0 Å². The molecule has 0 fully saturated rings. The van der Waals surface area contributed by atoms with Gasteiger partial charge in [0.15, 0.2) is 0 Å². The van der Waals surface area contributed by atoms with E-state index in [9.17, 15) is 9.18 Å². The molecule has 2 aromatic rings. The minimum absolute atomic E-state index is 0.209. The number of hydrogen-bond acceptors (Lipinski definition) is 2. The Labute approximate surface area is 120 Å². The fourth-order valence-corrected chi connectivity index (χ4v) is 1.77. The van der Waals surface area contributed by atoms with Crippen LogP contribution in [0, 0.1) is 12.7 Å². The first-order valence-corrected chi connectivity index (χ1v) is 6.22. The van der Waals surface area contributed by atoms with Crippen molar-refractivity contribution in [3.63, 3.8) is 0 Å². The van der Waals surface area contributed by atoms with E-state index in [-0.39, 0.29) is 11.4 Å². The monoisotopic (exact) mass is 293 g/mol. The Bertz CT molecular complexity index is 661. The molecule has 104 valence electrons. The summed E-state index contributed by atoms with van der Waals surface area (Å²) >= 11 is 5.96. The number of hydrogen-bond donors (Lipinski definition) is 3. The molecule has 6 heteroatoms. The normalized spacial score (nSPS) is 10.2. The summed E-state index contributed by atoms with van der Waals surface area (Å²) in [6, 6.07) is 8.36. The lowest BCUT2D eigenvalue weighted by Gasteiger charge is -2.10. The van der Waals surface area contributed by atoms with Gasteiger partial charge in [-0.25, -0.2) is 9.18 Å². The van der Waals surface area contributed by atoms with Crippen LogP contribution in [-0.4, -0.2) is 6.03 Å². The molecule has 0 atom stereocenters. The molecule has 0 aliphatic rings. The van der Waals surface area contributed by atoms with Crippen LogP contribution < -0.4 is 16.4 Å². The summed E-state index contributed by atoms with van der Waals surface area (Å²) in [7, 11) is 0. The summed E-state index contributed by atoms with van der Waals surface area (Å²) in [6.45, 7) is 1.86. The van der Waals surface area contributed by atoms with Gasteiger partial charge in [-0.2, -0.15) is 0 Å². The van der Waals surface area contributed by atoms with Crippen molar-refractivity contribution in [2.24, 2.45) is 0 Å². The third-order valence-electron chi connectivity index (χ3n) is 2.69. The zero-order valence-corrected chi connectivity index (χ0v) is 11.5. The van der Waals surface area contributed by atoms with Gasteiger partial charge in [-0.15, -0.1) is 0 Å². The van der Waals surface area contributed by atoms with Crippen LogP contribution in [0.15, 0.2) is 36.4 Å². The average molecular weight is 294 g/mol. The molecule has 0 spiro atoms. The predicted molar refractivity (Wildman–Crippen MR) is 79.6 cm³/mol. The number of urea groups is 1. The van der Waals surface area contributed by atoms with E-state index in [1.54, 1.807) is 18.2 Å². The number of nitrogens with one attached hydrogen (secondary N) is 2. The first-order valence-electron chi connectivity index (χ1n) is 5.85. The van der Waals surface area contributed by atoms with Crippen molar-refractivity contribution >= 4 is 34.7 Å². The van der Waals surface area contributed by atoms with Crippen LogP contribution >= 0.6 is 11.6 Å². The highest BCUT2D eigenvalue weighted by molar-refractivity contribution is 6.31. The van der Waals surface area contributed by atoms with Crippen molar-refractivity contribution in [2.75, 3.05) is 16.4 Å². The standard InChI is InChI=1S/C14H13ClFN3O/c1-8-2-4-10(7-11(8)15)18-14(20)19-13-6-9(16)3-5-12(13)17/h2-7H,17H2,1H3,(H2,18,19,20). The van der Waals surface area contributed by atoms with Gasteiger partial charge in [-0.3, -0.25) is 0 Å². The molecular formula is C14H13ClFN3O. The third kappa shape index (κ3) is 3.39. The highest BCUT2D eigenvalue weighted by atomic mass is 35.5. The van der Waals surface area contributed by atoms with Crippen LogP contribution in [-0.2, 0) is 0 Å². The summed E-state index contributed by atoms with van der Waals surface area (Å²) in [5.74, 6) is -0.479. The number of anilines is 3. The number of carbonyl (C=O) groups excluding carboxylic acids is 1. The number of carbonyl (C=O) groups is 1. The number of amides is 2. The highest BCUT2D eigenvalue weighted by Crippen LogP contribution is 2.22. The summed E-state index contributed by atoms with van der Waals surface area (Å²) in [5.41, 5.74) is 7.58. The first-order chi connectivity index (χ1) is 9.45. The molecule has 0 aliphatic heterocycles. The molecule has 0 unspecified atom stereocenters. The van der Waals surface area contributed by atoms with Gasteiger partial charge < -0.3 is 16.4 Å². The maximum absolute atomic E-state index is 13.1. The Kier molecular flexibility index (Phi) is 4.10. The molecule has 20 heavy (non-hydrogen) atoms. The second-order valence-corrected chi connectivity index (χ2v) is 4.68. The van der Waals surface area contributed by atoms with Gasteiger partial charge in [-0.1, -0.05) is 17.7 Å². The fraction of sp³-hybridized carbons (Fsp3) is 0.0714. The van der Waals surface area contributed by atoms with Crippen molar-refractivity contribution in [2.45, 2.75) is 6.92 Å². The molecule has 0 aliphatic carbocycles. The highest BCUT2D eigenvalue weighted by Gasteiger charge is 2.07. The third-order valence-corrected chi connectivity index (χ3v) is 3.10. The lowest BCUT2D eigenvalue weighted by molar-refractivity contribution is 0.262. The molecule has 2 aromatic carbocycles. The Morgan fingerprint density at radius 1 is 1.20 bits per heavy atom. The second kappa shape index (κ2) is 5.79. The van der Waals surface area contributed by atoms with E-state index < -0.39 is 11.8 Å². The molecule has 2 amide bonds. The van der Waals surface area contributed by atoms with Crippen LogP contribution in [0.4, 0.5) is 26.2 Å². The van der Waals surface area contributed by atoms with Gasteiger partial charge in [-0.05, 0) is 42.8 Å². The quantitative estimate of drug-likeness (QED) is 0.732. The second-order valence-electron chi connectivity index (χ2n) is 4.27. The molecule has 0 radical (unpaired) electrons. The summed E-state index contributed by atoms with van der Waals surface area (Å²) in [6.07, 6.45) is 0. The van der Waals surface area contributed by atoms with E-state index in [1.807, 2.05) is 6.92 Å². The first kappa shape index (κ1) is 14.1. The van der Waals surface area contributed by atoms with Gasteiger partial charge in [0, 0.05) is 10.7 Å². The summed E-state index contributed by atoms with van der Waals surface area (Å²) < 4.78 is 13.1. The van der Waals surface area contributed by atoms with Crippen molar-refractivity contribution < 1.29 is 9.18 Å². The van der Waals surface area contributed by atoms with Crippen LogP contribution in [0.2, 0.25) is 5.02 Å². The Balaban J connectivity index is 2.09. The van der Waals surface area contributed by atoms with Gasteiger partial charge >= 0.3 is 6.03 Å². The SMILES string of the molecule is Cc1ccc(NC(=O)Nc2cc(F)ccc2N)cc1Cl. The number of aryl methyl sites for hydroxylation is 1. The number of halogens is 2. The molecule has 0 heterocycles. The van der Waals surface area contributed by atoms with Crippen LogP contribution in [0.5, 0.6) is 0 Å². The summed E-state index contributed by atoms with van der Waals surface area (Å²) in [4.78, 5) is 11.8. The van der Waals surface area contributed by atoms with E-state index in [2.05, 4.69) is 10.6 Å². The molecule has 4 N–H and O–H groups in total. The molecule has 0 aromatic heterocycles. The van der Waals surface area contributed by atoms with Gasteiger partial charge in [0.25, 0.3) is 0 Å². The van der Waals surface area contributed by atoms with E-state index in [0.29, 0.717) is 10.7 Å². The van der Waals surface area contributed by atoms with Gasteiger partial charge in [0.1, 0.15) is 5.82 Å². The Morgan fingerprint density at radius 3 is 2.65 bits per heavy atom. The molecule has 0 bridgehead atoms. The number of nitrogens with two attached hydrogens (primary N) is 1. The largest absolute Gasteiger partial charge is 0.397 e. The molecule has 0 saturated carbocycles. The van der Waals surface area contributed by atoms with Gasteiger partial charge in [0.05, 0.1) is 11.4 Å². The maximum atomic E-state index is 13.1. The van der Waals surface area contributed by atoms with Crippen molar-refractivity contribution in [1.29, 1.82) is 0 Å². The molecule has 0 saturated heterocycles. The molecule has 2 rings (SSSR count). The van der Waals surface area contributed by atoms with Crippen LogP contribution in [0.25, 0.3) is 0 Å². The van der Waals surface area contributed by atoms with E-state index in [4.69, 9.17) is 17.3 Å². The molecule has 4 nitrogen and oxygen atoms in total. The number of benzene rings is 2. The smallest absolute Gasteiger partial charge is 0.323 e. The predicted octanol–water partition coefficient (Wildman–Crippen LogP) is 4.01. The zero-order valence-electron chi connectivity index (χ0n) is 10.7. The topological polar surface area (TPSA) is 67.2 Å². The maximum Gasteiger partial charge on any atom is 0.323 e. The Hall–Kier alpha value is -2.27. The number of rotatable bonds is 2. The average Bonchev–Trinajstić information content (AvgIpc) is 2.38. The van der Waals surface area contributed by atoms with E-state index in [0.717, 1.165) is 11.6 Å². The fourth-order valence-electron chi connectivity index (χ4n) is 1.59. The minimum atomic E-state index is -0.526. The van der Waals surface area contributed by atoms with Gasteiger partial charge in [0.2, 0.25) is 0 Å². The van der Waals surface area contributed by atoms with Crippen LogP contribution in [0.3, 0.4) is 0 Å². The zero-order chi connectivity index (χ0) is 14.7. The van der Waals surface area contributed by atoms with Crippen molar-refractivity contribution in [3.8, 4) is 0 Å². The Morgan fingerprint density at radius 2 is 1.95 bits per heavy atom. The lowest BCUT2D eigenvalue weighted by atomic mass is 10.2.